The first-order valence-corrected chi connectivity index (χ1v) is 15.3. The predicted octanol–water partition coefficient (Wildman–Crippen LogP) is 2.84. The third-order valence-corrected chi connectivity index (χ3v) is 9.03. The molecule has 0 saturated carbocycles. The van der Waals surface area contributed by atoms with Crippen molar-refractivity contribution in [3.8, 4) is 17.2 Å². The van der Waals surface area contributed by atoms with Gasteiger partial charge in [0.2, 0.25) is 15.9 Å². The number of carbonyl (C=O) groups is 2. The second-order valence-corrected chi connectivity index (χ2v) is 11.8. The van der Waals surface area contributed by atoms with E-state index in [4.69, 9.17) is 18.9 Å². The van der Waals surface area contributed by atoms with Gasteiger partial charge < -0.3 is 29.2 Å². The van der Waals surface area contributed by atoms with Gasteiger partial charge in [0.15, 0.2) is 6.61 Å². The minimum atomic E-state index is -3.65. The van der Waals surface area contributed by atoms with E-state index < -0.39 is 22.0 Å². The molecule has 4 rings (SSSR count). The summed E-state index contributed by atoms with van der Waals surface area (Å²) in [6, 6.07) is 19.7. The van der Waals surface area contributed by atoms with Gasteiger partial charge in [-0.3, -0.25) is 9.59 Å². The molecule has 1 atom stereocenters. The van der Waals surface area contributed by atoms with Crippen molar-refractivity contribution in [2.24, 2.45) is 0 Å². The number of hydrogen-bond acceptors (Lipinski definition) is 8. The number of para-hydroxylation sites is 1. The van der Waals surface area contributed by atoms with Gasteiger partial charge in [-0.2, -0.15) is 4.31 Å². The molecule has 0 aromatic heterocycles. The summed E-state index contributed by atoms with van der Waals surface area (Å²) >= 11 is 0. The Hall–Kier alpha value is -4.13. The fourth-order valence-corrected chi connectivity index (χ4v) is 5.97. The Labute approximate surface area is 252 Å². The van der Waals surface area contributed by atoms with Gasteiger partial charge in [0.05, 0.1) is 32.3 Å². The van der Waals surface area contributed by atoms with Crippen molar-refractivity contribution in [2.75, 3.05) is 47.1 Å². The number of carbonyl (C=O) groups excluding carboxylic acids is 2. The Morgan fingerprint density at radius 3 is 2.23 bits per heavy atom. The predicted molar refractivity (Wildman–Crippen MR) is 159 cm³/mol. The highest BCUT2D eigenvalue weighted by atomic mass is 32.2. The molecule has 0 bridgehead atoms. The van der Waals surface area contributed by atoms with E-state index in [9.17, 15) is 18.0 Å². The minimum Gasteiger partial charge on any atom is -0.497 e. The summed E-state index contributed by atoms with van der Waals surface area (Å²) in [7, 11) is -0.518. The lowest BCUT2D eigenvalue weighted by Crippen LogP contribution is -2.48. The number of morpholine rings is 1. The number of benzene rings is 3. The van der Waals surface area contributed by atoms with Crippen molar-refractivity contribution in [3.63, 3.8) is 0 Å². The van der Waals surface area contributed by atoms with E-state index in [0.29, 0.717) is 43.6 Å². The molecule has 0 spiro atoms. The van der Waals surface area contributed by atoms with Crippen LogP contribution in [-0.2, 0) is 37.4 Å². The Morgan fingerprint density at radius 2 is 1.58 bits per heavy atom. The number of nitrogens with zero attached hydrogens (tertiary/aromatic N) is 2. The number of hydrogen-bond donors (Lipinski definition) is 1. The van der Waals surface area contributed by atoms with E-state index in [1.54, 1.807) is 33.3 Å². The molecule has 43 heavy (non-hydrogen) atoms. The van der Waals surface area contributed by atoms with Crippen molar-refractivity contribution in [1.29, 1.82) is 0 Å². The fraction of sp³-hybridized carbons (Fsp3) is 0.355. The van der Waals surface area contributed by atoms with Gasteiger partial charge in [0, 0.05) is 31.7 Å². The van der Waals surface area contributed by atoms with Gasteiger partial charge in [0.25, 0.3) is 5.91 Å². The summed E-state index contributed by atoms with van der Waals surface area (Å²) in [6.45, 7) is 2.99. The molecule has 2 amide bonds. The van der Waals surface area contributed by atoms with Crippen LogP contribution in [0.4, 0.5) is 0 Å². The van der Waals surface area contributed by atoms with Crippen LogP contribution < -0.4 is 19.5 Å². The lowest BCUT2D eigenvalue weighted by molar-refractivity contribution is -0.142. The molecule has 1 fully saturated rings. The average molecular weight is 612 g/mol. The molecule has 230 valence electrons. The number of ether oxygens (including phenoxy) is 4. The summed E-state index contributed by atoms with van der Waals surface area (Å²) in [6.07, 6.45) is 0. The molecule has 1 aliphatic rings. The van der Waals surface area contributed by atoms with Crippen molar-refractivity contribution in [2.45, 2.75) is 31.0 Å². The Kier molecular flexibility index (Phi) is 11.0. The maximum absolute atomic E-state index is 13.5. The Morgan fingerprint density at radius 1 is 0.930 bits per heavy atom. The molecule has 1 aliphatic heterocycles. The van der Waals surface area contributed by atoms with Crippen LogP contribution in [0.3, 0.4) is 0 Å². The molecule has 3 aromatic rings. The zero-order chi connectivity index (χ0) is 30.8. The first-order valence-electron chi connectivity index (χ1n) is 13.9. The van der Waals surface area contributed by atoms with Crippen LogP contribution in [0.15, 0.2) is 77.7 Å². The molecule has 3 aromatic carbocycles. The van der Waals surface area contributed by atoms with Gasteiger partial charge in [-0.15, -0.1) is 0 Å². The van der Waals surface area contributed by atoms with Crippen molar-refractivity contribution in [3.05, 3.63) is 83.9 Å². The molecule has 0 aliphatic carbocycles. The number of nitrogens with one attached hydrogen (secondary N) is 1. The normalized spacial score (nSPS) is 14.4. The third-order valence-electron chi connectivity index (χ3n) is 7.12. The number of amides is 2. The van der Waals surface area contributed by atoms with E-state index in [0.717, 1.165) is 11.1 Å². The van der Waals surface area contributed by atoms with Gasteiger partial charge in [-0.25, -0.2) is 8.42 Å². The highest BCUT2D eigenvalue weighted by Crippen LogP contribution is 2.22. The van der Waals surface area contributed by atoms with E-state index in [2.05, 4.69) is 5.32 Å². The topological polar surface area (TPSA) is 124 Å². The van der Waals surface area contributed by atoms with Crippen LogP contribution in [0.2, 0.25) is 0 Å². The van der Waals surface area contributed by atoms with Crippen molar-refractivity contribution in [1.82, 2.24) is 14.5 Å². The van der Waals surface area contributed by atoms with Crippen LogP contribution in [-0.4, -0.2) is 82.6 Å². The summed E-state index contributed by atoms with van der Waals surface area (Å²) in [5, 5.41) is 2.89. The number of rotatable bonds is 13. The SMILES string of the molecule is COc1ccc(CN(C(=O)COc2ccc(S(=O)(=O)N3CCOCC3)cc2)[C@H](C)C(=O)NCc2ccccc2OC)cc1. The molecular formula is C31H37N3O8S. The molecule has 1 heterocycles. The lowest BCUT2D eigenvalue weighted by Gasteiger charge is -2.29. The smallest absolute Gasteiger partial charge is 0.261 e. The van der Waals surface area contributed by atoms with Crippen LogP contribution in [0.25, 0.3) is 0 Å². The maximum atomic E-state index is 13.5. The van der Waals surface area contributed by atoms with Gasteiger partial charge in [-0.1, -0.05) is 30.3 Å². The summed E-state index contributed by atoms with van der Waals surface area (Å²) in [5.41, 5.74) is 1.61. The van der Waals surface area contributed by atoms with Gasteiger partial charge >= 0.3 is 0 Å². The van der Waals surface area contributed by atoms with E-state index in [-0.39, 0.29) is 30.5 Å². The summed E-state index contributed by atoms with van der Waals surface area (Å²) < 4.78 is 48.8. The van der Waals surface area contributed by atoms with Crippen molar-refractivity contribution >= 4 is 21.8 Å². The zero-order valence-corrected chi connectivity index (χ0v) is 25.3. The molecule has 12 heteroatoms. The largest absolute Gasteiger partial charge is 0.497 e. The average Bonchev–Trinajstić information content (AvgIpc) is 3.05. The summed E-state index contributed by atoms with van der Waals surface area (Å²) in [5.74, 6) is 0.892. The quantitative estimate of drug-likeness (QED) is 0.313. The minimum absolute atomic E-state index is 0.134. The highest BCUT2D eigenvalue weighted by Gasteiger charge is 2.28. The molecule has 1 N–H and O–H groups in total. The molecular weight excluding hydrogens is 574 g/mol. The standard InChI is InChI=1S/C31H37N3O8S/c1-23(31(36)32-20-25-6-4-5-7-29(25)40-3)34(21-24-8-10-26(39-2)11-9-24)30(35)22-42-27-12-14-28(15-13-27)43(37,38)33-16-18-41-19-17-33/h4-15,23H,16-22H2,1-3H3,(H,32,36)/t23-/m1/s1. The second kappa shape index (κ2) is 14.9. The molecule has 11 nitrogen and oxygen atoms in total. The molecule has 0 radical (unpaired) electrons. The first kappa shape index (κ1) is 31.8. The second-order valence-electron chi connectivity index (χ2n) is 9.85. The Bertz CT molecular complexity index is 1470. The van der Waals surface area contributed by atoms with E-state index in [1.807, 2.05) is 36.4 Å². The fourth-order valence-electron chi connectivity index (χ4n) is 4.56. The summed E-state index contributed by atoms with van der Waals surface area (Å²) in [4.78, 5) is 28.2. The molecule has 1 saturated heterocycles. The molecule has 0 unspecified atom stereocenters. The van der Waals surface area contributed by atoms with E-state index in [1.165, 1.54) is 33.5 Å². The zero-order valence-electron chi connectivity index (χ0n) is 24.5. The number of methoxy groups -OCH3 is 2. The van der Waals surface area contributed by atoms with Gasteiger partial charge in [-0.05, 0) is 55.0 Å². The van der Waals surface area contributed by atoms with Crippen molar-refractivity contribution < 1.29 is 37.0 Å². The van der Waals surface area contributed by atoms with E-state index >= 15 is 0 Å². The maximum Gasteiger partial charge on any atom is 0.261 e. The van der Waals surface area contributed by atoms with Crippen LogP contribution in [0, 0.1) is 0 Å². The third kappa shape index (κ3) is 8.25. The van der Waals surface area contributed by atoms with Crippen LogP contribution in [0.5, 0.6) is 17.2 Å². The first-order chi connectivity index (χ1) is 20.7. The van der Waals surface area contributed by atoms with Crippen LogP contribution >= 0.6 is 0 Å². The van der Waals surface area contributed by atoms with Gasteiger partial charge in [0.1, 0.15) is 23.3 Å². The van der Waals surface area contributed by atoms with Crippen LogP contribution in [0.1, 0.15) is 18.1 Å². The Balaban J connectivity index is 1.44. The highest BCUT2D eigenvalue weighted by molar-refractivity contribution is 7.89. The monoisotopic (exact) mass is 611 g/mol. The lowest BCUT2D eigenvalue weighted by atomic mass is 10.1. The number of sulfonamides is 1.